The van der Waals surface area contributed by atoms with Gasteiger partial charge >= 0.3 is 5.97 Å². The number of anilines is 1. The van der Waals surface area contributed by atoms with Crippen LogP contribution in [0, 0.1) is 0 Å². The SMILES string of the molecule is CCCCOC(=O)c1ccc(NC(=O)[C@@H](C)Sc2ccc(OC)cc2)cc1. The second-order valence-electron chi connectivity index (χ2n) is 5.99. The van der Waals surface area contributed by atoms with Gasteiger partial charge in [0, 0.05) is 10.6 Å². The van der Waals surface area contributed by atoms with Crippen LogP contribution in [0.25, 0.3) is 0 Å². The second-order valence-corrected chi connectivity index (χ2v) is 7.41. The van der Waals surface area contributed by atoms with Crippen molar-refractivity contribution in [1.82, 2.24) is 0 Å². The third-order valence-electron chi connectivity index (χ3n) is 3.86. The summed E-state index contributed by atoms with van der Waals surface area (Å²) >= 11 is 1.47. The number of hydrogen-bond acceptors (Lipinski definition) is 5. The van der Waals surface area contributed by atoms with E-state index in [1.165, 1.54) is 11.8 Å². The number of amides is 1. The van der Waals surface area contributed by atoms with E-state index in [-0.39, 0.29) is 17.1 Å². The molecular formula is C21H25NO4S. The van der Waals surface area contributed by atoms with E-state index in [1.807, 2.05) is 38.1 Å². The van der Waals surface area contributed by atoms with Crippen molar-refractivity contribution in [3.8, 4) is 5.75 Å². The molecule has 0 unspecified atom stereocenters. The number of esters is 1. The number of rotatable bonds is 9. The lowest BCUT2D eigenvalue weighted by Gasteiger charge is -2.12. The first kappa shape index (κ1) is 20.8. The van der Waals surface area contributed by atoms with E-state index in [4.69, 9.17) is 9.47 Å². The average Bonchev–Trinajstić information content (AvgIpc) is 2.69. The van der Waals surface area contributed by atoms with Crippen LogP contribution in [0.3, 0.4) is 0 Å². The molecule has 1 atom stereocenters. The van der Waals surface area contributed by atoms with E-state index in [9.17, 15) is 9.59 Å². The quantitative estimate of drug-likeness (QED) is 0.381. The van der Waals surface area contributed by atoms with Gasteiger partial charge in [-0.05, 0) is 61.9 Å². The second kappa shape index (κ2) is 10.6. The molecule has 0 saturated carbocycles. The highest BCUT2D eigenvalue weighted by Gasteiger charge is 2.15. The summed E-state index contributed by atoms with van der Waals surface area (Å²) in [6.45, 7) is 4.32. The minimum atomic E-state index is -0.343. The molecule has 0 aromatic heterocycles. The van der Waals surface area contributed by atoms with Crippen LogP contribution in [0.15, 0.2) is 53.4 Å². The van der Waals surface area contributed by atoms with Crippen LogP contribution >= 0.6 is 11.8 Å². The van der Waals surface area contributed by atoms with Gasteiger partial charge in [0.2, 0.25) is 5.91 Å². The summed E-state index contributed by atoms with van der Waals surface area (Å²) in [7, 11) is 1.62. The maximum Gasteiger partial charge on any atom is 0.338 e. The Labute approximate surface area is 164 Å². The average molecular weight is 388 g/mol. The van der Waals surface area contributed by atoms with Crippen molar-refractivity contribution in [2.75, 3.05) is 19.0 Å². The van der Waals surface area contributed by atoms with E-state index in [1.54, 1.807) is 31.4 Å². The number of nitrogens with one attached hydrogen (secondary N) is 1. The molecule has 144 valence electrons. The summed E-state index contributed by atoms with van der Waals surface area (Å²) in [6, 6.07) is 14.3. The van der Waals surface area contributed by atoms with Gasteiger partial charge in [0.15, 0.2) is 0 Å². The molecule has 0 radical (unpaired) electrons. The molecule has 0 heterocycles. The molecule has 6 heteroatoms. The molecule has 1 N–H and O–H groups in total. The molecule has 2 aromatic rings. The van der Waals surface area contributed by atoms with Gasteiger partial charge in [-0.25, -0.2) is 4.79 Å². The monoisotopic (exact) mass is 387 g/mol. The highest BCUT2D eigenvalue weighted by atomic mass is 32.2. The molecule has 0 aliphatic rings. The van der Waals surface area contributed by atoms with Crippen molar-refractivity contribution in [3.05, 3.63) is 54.1 Å². The van der Waals surface area contributed by atoms with E-state index in [0.717, 1.165) is 23.5 Å². The molecule has 0 aliphatic carbocycles. The van der Waals surface area contributed by atoms with Gasteiger partial charge in [0.25, 0.3) is 0 Å². The smallest absolute Gasteiger partial charge is 0.338 e. The van der Waals surface area contributed by atoms with Crippen molar-refractivity contribution in [1.29, 1.82) is 0 Å². The summed E-state index contributed by atoms with van der Waals surface area (Å²) in [5.41, 5.74) is 1.12. The Morgan fingerprint density at radius 1 is 1.07 bits per heavy atom. The number of carbonyl (C=O) groups is 2. The first-order valence-corrected chi connectivity index (χ1v) is 9.80. The zero-order valence-corrected chi connectivity index (χ0v) is 16.7. The first-order chi connectivity index (χ1) is 13.0. The molecule has 27 heavy (non-hydrogen) atoms. The molecule has 1 amide bonds. The zero-order chi connectivity index (χ0) is 19.6. The topological polar surface area (TPSA) is 64.6 Å². The van der Waals surface area contributed by atoms with Gasteiger partial charge in [0.1, 0.15) is 5.75 Å². The largest absolute Gasteiger partial charge is 0.497 e. The van der Waals surface area contributed by atoms with Crippen molar-refractivity contribution >= 4 is 29.3 Å². The molecule has 0 aliphatic heterocycles. The predicted octanol–water partition coefficient (Wildman–Crippen LogP) is 4.77. The Balaban J connectivity index is 1.87. The summed E-state index contributed by atoms with van der Waals surface area (Å²) < 4.78 is 10.3. The molecule has 2 rings (SSSR count). The number of carbonyl (C=O) groups excluding carboxylic acids is 2. The maximum absolute atomic E-state index is 12.4. The third kappa shape index (κ3) is 6.64. The molecule has 5 nitrogen and oxygen atoms in total. The predicted molar refractivity (Wildman–Crippen MR) is 109 cm³/mol. The van der Waals surface area contributed by atoms with Gasteiger partial charge in [-0.15, -0.1) is 11.8 Å². The molecule has 0 bridgehead atoms. The van der Waals surface area contributed by atoms with Gasteiger partial charge in [-0.2, -0.15) is 0 Å². The Morgan fingerprint density at radius 2 is 1.74 bits per heavy atom. The molecule has 0 fully saturated rings. The Bertz CT molecular complexity index is 744. The first-order valence-electron chi connectivity index (χ1n) is 8.92. The van der Waals surface area contributed by atoms with E-state index in [2.05, 4.69) is 5.32 Å². The third-order valence-corrected chi connectivity index (χ3v) is 4.97. The van der Waals surface area contributed by atoms with Gasteiger partial charge in [-0.1, -0.05) is 13.3 Å². The fourth-order valence-corrected chi connectivity index (χ4v) is 3.11. The van der Waals surface area contributed by atoms with Crippen LogP contribution in [0.5, 0.6) is 5.75 Å². The van der Waals surface area contributed by atoms with Crippen molar-refractivity contribution < 1.29 is 19.1 Å². The fourth-order valence-electron chi connectivity index (χ4n) is 2.24. The van der Waals surface area contributed by atoms with Crippen LogP contribution in [-0.2, 0) is 9.53 Å². The molecular weight excluding hydrogens is 362 g/mol. The number of hydrogen-bond donors (Lipinski definition) is 1. The number of unbranched alkanes of at least 4 members (excludes halogenated alkanes) is 1. The standard InChI is InChI=1S/C21H25NO4S/c1-4-5-14-26-21(24)16-6-8-17(9-7-16)22-20(23)15(2)27-19-12-10-18(25-3)11-13-19/h6-13,15H,4-5,14H2,1-3H3,(H,22,23)/t15-/m1/s1. The molecule has 2 aromatic carbocycles. The number of methoxy groups -OCH3 is 1. The summed E-state index contributed by atoms with van der Waals surface area (Å²) in [6.07, 6.45) is 1.83. The van der Waals surface area contributed by atoms with Crippen molar-refractivity contribution in [3.63, 3.8) is 0 Å². The minimum absolute atomic E-state index is 0.103. The van der Waals surface area contributed by atoms with Crippen LogP contribution < -0.4 is 10.1 Å². The van der Waals surface area contributed by atoms with Gasteiger partial charge < -0.3 is 14.8 Å². The lowest BCUT2D eigenvalue weighted by Crippen LogP contribution is -2.22. The van der Waals surface area contributed by atoms with Gasteiger partial charge in [0.05, 0.1) is 24.5 Å². The highest BCUT2D eigenvalue weighted by molar-refractivity contribution is 8.00. The van der Waals surface area contributed by atoms with Crippen LogP contribution in [0.1, 0.15) is 37.0 Å². The van der Waals surface area contributed by atoms with E-state index in [0.29, 0.717) is 17.9 Å². The van der Waals surface area contributed by atoms with E-state index < -0.39 is 0 Å². The zero-order valence-electron chi connectivity index (χ0n) is 15.9. The van der Waals surface area contributed by atoms with Crippen LogP contribution in [0.2, 0.25) is 0 Å². The normalized spacial score (nSPS) is 11.5. The van der Waals surface area contributed by atoms with Gasteiger partial charge in [-0.3, -0.25) is 4.79 Å². The van der Waals surface area contributed by atoms with Crippen LogP contribution in [0.4, 0.5) is 5.69 Å². The van der Waals surface area contributed by atoms with Crippen molar-refractivity contribution in [2.24, 2.45) is 0 Å². The molecule has 0 saturated heterocycles. The lowest BCUT2D eigenvalue weighted by molar-refractivity contribution is -0.115. The molecule has 0 spiro atoms. The van der Waals surface area contributed by atoms with Crippen molar-refractivity contribution in [2.45, 2.75) is 36.8 Å². The Hall–Kier alpha value is -2.47. The summed E-state index contributed by atoms with van der Waals surface area (Å²) in [5.74, 6) is 0.337. The fraction of sp³-hybridized carbons (Fsp3) is 0.333. The van der Waals surface area contributed by atoms with Crippen LogP contribution in [-0.4, -0.2) is 30.8 Å². The van der Waals surface area contributed by atoms with E-state index >= 15 is 0 Å². The summed E-state index contributed by atoms with van der Waals surface area (Å²) in [5, 5.41) is 2.60. The minimum Gasteiger partial charge on any atom is -0.497 e. The summed E-state index contributed by atoms with van der Waals surface area (Å²) in [4.78, 5) is 25.3. The Morgan fingerprint density at radius 3 is 2.33 bits per heavy atom. The highest BCUT2D eigenvalue weighted by Crippen LogP contribution is 2.26. The Kier molecular flexibility index (Phi) is 8.20. The maximum atomic E-state index is 12.4. The number of benzene rings is 2. The number of thioether (sulfide) groups is 1. The lowest BCUT2D eigenvalue weighted by atomic mass is 10.2. The number of ether oxygens (including phenoxy) is 2.